The Hall–Kier alpha value is -2.61. The van der Waals surface area contributed by atoms with Crippen molar-refractivity contribution in [2.75, 3.05) is 18.7 Å². The van der Waals surface area contributed by atoms with Crippen molar-refractivity contribution in [1.82, 2.24) is 9.88 Å². The highest BCUT2D eigenvalue weighted by atomic mass is 32.1. The molecule has 1 aromatic heterocycles. The molecular weight excluding hydrogens is 366 g/mol. The number of likely N-dealkylation sites (tertiary alicyclic amines) is 1. The molecule has 8 heteroatoms. The number of ether oxygens (including phenoxy) is 2. The molecule has 2 aliphatic rings. The summed E-state index contributed by atoms with van der Waals surface area (Å²) in [5.41, 5.74) is 1.65. The van der Waals surface area contributed by atoms with Gasteiger partial charge in [-0.25, -0.2) is 4.98 Å². The van der Waals surface area contributed by atoms with Gasteiger partial charge in [-0.15, -0.1) is 11.3 Å². The molecule has 1 aromatic carbocycles. The summed E-state index contributed by atoms with van der Waals surface area (Å²) in [6.45, 7) is 4.77. The number of nitrogens with one attached hydrogen (secondary N) is 1. The van der Waals surface area contributed by atoms with Crippen LogP contribution in [0.4, 0.5) is 5.13 Å². The molecule has 142 valence electrons. The maximum absolute atomic E-state index is 12.8. The molecule has 0 saturated carbocycles. The molecule has 1 fully saturated rings. The Kier molecular flexibility index (Phi) is 4.73. The van der Waals surface area contributed by atoms with Gasteiger partial charge in [-0.2, -0.15) is 0 Å². The van der Waals surface area contributed by atoms with Gasteiger partial charge < -0.3 is 19.7 Å². The van der Waals surface area contributed by atoms with Gasteiger partial charge in [0.25, 0.3) is 0 Å². The number of aromatic nitrogens is 1. The highest BCUT2D eigenvalue weighted by molar-refractivity contribution is 7.14. The van der Waals surface area contributed by atoms with Crippen LogP contribution in [0, 0.1) is 5.92 Å². The van der Waals surface area contributed by atoms with E-state index in [0.717, 1.165) is 23.4 Å². The zero-order valence-corrected chi connectivity index (χ0v) is 16.0. The lowest BCUT2D eigenvalue weighted by atomic mass is 10.0. The van der Waals surface area contributed by atoms with E-state index in [9.17, 15) is 9.59 Å². The normalized spacial score (nSPS) is 16.9. The summed E-state index contributed by atoms with van der Waals surface area (Å²) >= 11 is 1.36. The third-order valence-electron chi connectivity index (χ3n) is 4.75. The Morgan fingerprint density at radius 2 is 2.11 bits per heavy atom. The highest BCUT2D eigenvalue weighted by Crippen LogP contribution is 2.36. The molecule has 1 saturated heterocycles. The van der Waals surface area contributed by atoms with Gasteiger partial charge in [0.05, 0.1) is 5.69 Å². The summed E-state index contributed by atoms with van der Waals surface area (Å²) in [6.07, 6.45) is 1.32. The van der Waals surface area contributed by atoms with Gasteiger partial charge in [0.1, 0.15) is 6.04 Å². The van der Waals surface area contributed by atoms with E-state index in [1.165, 1.54) is 11.3 Å². The van der Waals surface area contributed by atoms with Crippen molar-refractivity contribution >= 4 is 28.3 Å². The van der Waals surface area contributed by atoms with Gasteiger partial charge in [-0.1, -0.05) is 13.8 Å². The van der Waals surface area contributed by atoms with Gasteiger partial charge in [-0.3, -0.25) is 9.59 Å². The molecule has 2 aromatic rings. The topological polar surface area (TPSA) is 80.8 Å². The van der Waals surface area contributed by atoms with Crippen molar-refractivity contribution in [3.63, 3.8) is 0 Å². The fraction of sp³-hybridized carbons (Fsp3) is 0.421. The van der Waals surface area contributed by atoms with Gasteiger partial charge >= 0.3 is 0 Å². The lowest BCUT2D eigenvalue weighted by molar-refractivity contribution is -0.136. The molecule has 2 amide bonds. The van der Waals surface area contributed by atoms with E-state index in [-0.39, 0.29) is 24.5 Å². The standard InChI is InChI=1S/C19H21N3O4S/c1-11(2)17(22-7-3-4-16(22)23)18(24)21-19-20-13(9-27-19)12-5-6-14-15(8-12)26-10-25-14/h5-6,8-9,11,17H,3-4,7,10H2,1-2H3,(H,20,21,24)/t17-/m1/s1. The third kappa shape index (κ3) is 3.49. The Morgan fingerprint density at radius 1 is 1.30 bits per heavy atom. The number of benzene rings is 1. The van der Waals surface area contributed by atoms with Crippen LogP contribution < -0.4 is 14.8 Å². The van der Waals surface area contributed by atoms with Crippen LogP contribution in [0.3, 0.4) is 0 Å². The fourth-order valence-corrected chi connectivity index (χ4v) is 4.19. The highest BCUT2D eigenvalue weighted by Gasteiger charge is 2.35. The second kappa shape index (κ2) is 7.19. The Bertz CT molecular complexity index is 880. The summed E-state index contributed by atoms with van der Waals surface area (Å²) in [4.78, 5) is 31.1. The van der Waals surface area contributed by atoms with Crippen LogP contribution in [-0.2, 0) is 9.59 Å². The second-order valence-electron chi connectivity index (χ2n) is 6.97. The van der Waals surface area contributed by atoms with E-state index in [1.54, 1.807) is 4.90 Å². The smallest absolute Gasteiger partial charge is 0.249 e. The number of amides is 2. The minimum absolute atomic E-state index is 0.0281. The van der Waals surface area contributed by atoms with Gasteiger partial charge in [0.15, 0.2) is 16.6 Å². The monoisotopic (exact) mass is 387 g/mol. The molecule has 2 aliphatic heterocycles. The fourth-order valence-electron chi connectivity index (χ4n) is 3.47. The molecule has 0 radical (unpaired) electrons. The van der Waals surface area contributed by atoms with E-state index in [0.29, 0.717) is 23.8 Å². The first-order valence-corrected chi connectivity index (χ1v) is 9.87. The van der Waals surface area contributed by atoms with E-state index >= 15 is 0 Å². The lowest BCUT2D eigenvalue weighted by Gasteiger charge is -2.29. The molecule has 0 aliphatic carbocycles. The zero-order chi connectivity index (χ0) is 19.0. The van der Waals surface area contributed by atoms with Crippen molar-refractivity contribution in [2.45, 2.75) is 32.7 Å². The van der Waals surface area contributed by atoms with Crippen LogP contribution in [0.2, 0.25) is 0 Å². The molecule has 3 heterocycles. The van der Waals surface area contributed by atoms with Crippen LogP contribution in [0.1, 0.15) is 26.7 Å². The predicted octanol–water partition coefficient (Wildman–Crippen LogP) is 3.12. The minimum Gasteiger partial charge on any atom is -0.454 e. The molecule has 1 atom stereocenters. The predicted molar refractivity (Wildman–Crippen MR) is 102 cm³/mol. The number of thiazole rings is 1. The number of anilines is 1. The number of carbonyl (C=O) groups is 2. The SMILES string of the molecule is CC(C)[C@H](C(=O)Nc1nc(-c2ccc3c(c2)OCO3)cs1)N1CCCC1=O. The van der Waals surface area contributed by atoms with Crippen molar-refractivity contribution in [3.05, 3.63) is 23.6 Å². The van der Waals surface area contributed by atoms with Gasteiger partial charge in [0, 0.05) is 23.9 Å². The quantitative estimate of drug-likeness (QED) is 0.853. The number of carbonyl (C=O) groups excluding carboxylic acids is 2. The summed E-state index contributed by atoms with van der Waals surface area (Å²) in [5, 5.41) is 5.29. The maximum Gasteiger partial charge on any atom is 0.249 e. The van der Waals surface area contributed by atoms with E-state index < -0.39 is 6.04 Å². The number of hydrogen-bond donors (Lipinski definition) is 1. The molecule has 0 bridgehead atoms. The van der Waals surface area contributed by atoms with Gasteiger partial charge in [0.2, 0.25) is 18.6 Å². The summed E-state index contributed by atoms with van der Waals surface area (Å²) in [5.74, 6) is 1.30. The zero-order valence-electron chi connectivity index (χ0n) is 15.2. The molecular formula is C19H21N3O4S. The third-order valence-corrected chi connectivity index (χ3v) is 5.51. The molecule has 7 nitrogen and oxygen atoms in total. The van der Waals surface area contributed by atoms with Crippen LogP contribution >= 0.6 is 11.3 Å². The first-order valence-electron chi connectivity index (χ1n) is 8.99. The molecule has 4 rings (SSSR count). The summed E-state index contributed by atoms with van der Waals surface area (Å²) in [6, 6.07) is 5.16. The number of hydrogen-bond acceptors (Lipinski definition) is 6. The number of nitrogens with zero attached hydrogens (tertiary/aromatic N) is 2. The van der Waals surface area contributed by atoms with Crippen molar-refractivity contribution in [3.8, 4) is 22.8 Å². The average Bonchev–Trinajstić information content (AvgIpc) is 3.36. The minimum atomic E-state index is -0.474. The van der Waals surface area contributed by atoms with E-state index in [1.807, 2.05) is 37.4 Å². The first kappa shape index (κ1) is 17.8. The van der Waals surface area contributed by atoms with Crippen molar-refractivity contribution in [2.24, 2.45) is 5.92 Å². The van der Waals surface area contributed by atoms with Crippen LogP contribution in [0.15, 0.2) is 23.6 Å². The Morgan fingerprint density at radius 3 is 2.85 bits per heavy atom. The molecule has 0 spiro atoms. The van der Waals surface area contributed by atoms with Crippen molar-refractivity contribution in [1.29, 1.82) is 0 Å². The number of fused-ring (bicyclic) bond motifs is 1. The Labute approximate surface area is 161 Å². The first-order chi connectivity index (χ1) is 13.0. The second-order valence-corrected chi connectivity index (χ2v) is 7.83. The van der Waals surface area contributed by atoms with E-state index in [2.05, 4.69) is 10.3 Å². The lowest BCUT2D eigenvalue weighted by Crippen LogP contribution is -2.47. The van der Waals surface area contributed by atoms with Crippen LogP contribution in [0.25, 0.3) is 11.3 Å². The molecule has 27 heavy (non-hydrogen) atoms. The maximum atomic E-state index is 12.8. The largest absolute Gasteiger partial charge is 0.454 e. The number of rotatable bonds is 5. The van der Waals surface area contributed by atoms with E-state index in [4.69, 9.17) is 9.47 Å². The summed E-state index contributed by atoms with van der Waals surface area (Å²) in [7, 11) is 0. The molecule has 0 unspecified atom stereocenters. The summed E-state index contributed by atoms with van der Waals surface area (Å²) < 4.78 is 10.7. The van der Waals surface area contributed by atoms with Gasteiger partial charge in [-0.05, 0) is 30.5 Å². The average molecular weight is 387 g/mol. The Balaban J connectivity index is 1.50. The van der Waals surface area contributed by atoms with Crippen LogP contribution in [0.5, 0.6) is 11.5 Å². The van der Waals surface area contributed by atoms with Crippen molar-refractivity contribution < 1.29 is 19.1 Å². The molecule has 1 N–H and O–H groups in total. The van der Waals surface area contributed by atoms with Crippen LogP contribution in [-0.4, -0.2) is 41.1 Å².